The van der Waals surface area contributed by atoms with Gasteiger partial charge in [-0.2, -0.15) is 0 Å². The molecule has 2 aliphatic rings. The third kappa shape index (κ3) is 2.26. The first kappa shape index (κ1) is 12.7. The number of rotatable bonds is 4. The number of ether oxygens (including phenoxy) is 2. The van der Waals surface area contributed by atoms with Crippen molar-refractivity contribution in [2.24, 2.45) is 5.92 Å². The fraction of sp³-hybridized carbons (Fsp3) is 0.462. The van der Waals surface area contributed by atoms with Crippen LogP contribution in [0.4, 0.5) is 0 Å². The molecule has 7 heteroatoms. The van der Waals surface area contributed by atoms with Crippen LogP contribution in [0.25, 0.3) is 0 Å². The maximum Gasteiger partial charge on any atom is 0.231 e. The van der Waals surface area contributed by atoms with Crippen molar-refractivity contribution in [1.29, 1.82) is 0 Å². The zero-order valence-corrected chi connectivity index (χ0v) is 10.9. The van der Waals surface area contributed by atoms with E-state index in [1.807, 2.05) is 19.1 Å². The molecule has 3 rings (SSSR count). The monoisotopic (exact) mass is 278 g/mol. The Hall–Kier alpha value is -2.31. The van der Waals surface area contributed by atoms with Gasteiger partial charge >= 0.3 is 0 Å². The van der Waals surface area contributed by atoms with E-state index in [1.165, 1.54) is 0 Å². The number of carbonyl (C=O) groups is 1. The van der Waals surface area contributed by atoms with Crippen molar-refractivity contribution >= 4 is 5.91 Å². The summed E-state index contributed by atoms with van der Waals surface area (Å²) >= 11 is 0. The summed E-state index contributed by atoms with van der Waals surface area (Å²) in [6, 6.07) is 4.49. The van der Waals surface area contributed by atoms with Crippen LogP contribution in [0.5, 0.6) is 11.5 Å². The number of carbonyl (C=O) groups excluding carboxylic acids is 1. The van der Waals surface area contributed by atoms with Crippen molar-refractivity contribution in [3.05, 3.63) is 33.9 Å². The van der Waals surface area contributed by atoms with Crippen LogP contribution >= 0.6 is 0 Å². The lowest BCUT2D eigenvalue weighted by Gasteiger charge is -2.14. The van der Waals surface area contributed by atoms with E-state index < -0.39 is 16.9 Å². The fourth-order valence-corrected chi connectivity index (χ4v) is 2.28. The SMILES string of the molecule is CC(NC(=O)C1CC1[N+](=O)[O-])c1ccc2c(c1)OCO2. The highest BCUT2D eigenvalue weighted by Gasteiger charge is 2.53. The Morgan fingerprint density at radius 3 is 2.90 bits per heavy atom. The topological polar surface area (TPSA) is 90.7 Å². The molecular weight excluding hydrogens is 264 g/mol. The molecule has 1 N–H and O–H groups in total. The van der Waals surface area contributed by atoms with E-state index in [4.69, 9.17) is 9.47 Å². The van der Waals surface area contributed by atoms with E-state index in [1.54, 1.807) is 6.07 Å². The maximum absolute atomic E-state index is 11.9. The molecule has 7 nitrogen and oxygen atoms in total. The van der Waals surface area contributed by atoms with E-state index in [9.17, 15) is 14.9 Å². The van der Waals surface area contributed by atoms with Crippen LogP contribution < -0.4 is 14.8 Å². The van der Waals surface area contributed by atoms with Gasteiger partial charge in [-0.1, -0.05) is 6.07 Å². The van der Waals surface area contributed by atoms with E-state index in [-0.39, 0.29) is 18.7 Å². The largest absolute Gasteiger partial charge is 0.454 e. The lowest BCUT2D eigenvalue weighted by molar-refractivity contribution is -0.497. The second kappa shape index (κ2) is 4.66. The summed E-state index contributed by atoms with van der Waals surface area (Å²) in [5, 5.41) is 13.3. The number of nitro groups is 1. The predicted molar refractivity (Wildman–Crippen MR) is 68.0 cm³/mol. The normalized spacial score (nSPS) is 24.1. The van der Waals surface area contributed by atoms with Crippen LogP contribution in [0.1, 0.15) is 24.9 Å². The molecule has 20 heavy (non-hydrogen) atoms. The summed E-state index contributed by atoms with van der Waals surface area (Å²) in [5.41, 5.74) is 0.876. The Kier molecular flexibility index (Phi) is 2.96. The minimum atomic E-state index is -0.723. The first-order valence-corrected chi connectivity index (χ1v) is 6.39. The number of hydrogen-bond donors (Lipinski definition) is 1. The number of nitrogens with zero attached hydrogens (tertiary/aromatic N) is 1. The summed E-state index contributed by atoms with van der Waals surface area (Å²) in [5.74, 6) is 0.569. The molecule has 0 saturated heterocycles. The van der Waals surface area contributed by atoms with E-state index in [0.29, 0.717) is 17.9 Å². The molecule has 1 amide bonds. The molecule has 1 aromatic carbocycles. The lowest BCUT2D eigenvalue weighted by atomic mass is 10.1. The number of amides is 1. The average molecular weight is 278 g/mol. The summed E-state index contributed by atoms with van der Waals surface area (Å²) in [6.07, 6.45) is 0.326. The summed E-state index contributed by atoms with van der Waals surface area (Å²) in [6.45, 7) is 2.03. The predicted octanol–water partition coefficient (Wildman–Crippen LogP) is 1.26. The number of hydrogen-bond acceptors (Lipinski definition) is 5. The molecule has 1 fully saturated rings. The van der Waals surface area contributed by atoms with Gasteiger partial charge in [0.15, 0.2) is 11.5 Å². The van der Waals surface area contributed by atoms with E-state index >= 15 is 0 Å². The Labute approximate surface area is 115 Å². The smallest absolute Gasteiger partial charge is 0.231 e. The molecule has 1 heterocycles. The van der Waals surface area contributed by atoms with Crippen LogP contribution in [0.2, 0.25) is 0 Å². The molecule has 1 aliphatic heterocycles. The van der Waals surface area contributed by atoms with Gasteiger partial charge in [0, 0.05) is 11.3 Å². The summed E-state index contributed by atoms with van der Waals surface area (Å²) in [4.78, 5) is 22.0. The molecule has 0 radical (unpaired) electrons. The Balaban J connectivity index is 1.63. The molecule has 0 spiro atoms. The minimum absolute atomic E-state index is 0.201. The number of benzene rings is 1. The van der Waals surface area contributed by atoms with Crippen molar-refractivity contribution in [3.63, 3.8) is 0 Å². The van der Waals surface area contributed by atoms with Gasteiger partial charge < -0.3 is 14.8 Å². The number of fused-ring (bicyclic) bond motifs is 1. The summed E-state index contributed by atoms with van der Waals surface area (Å²) < 4.78 is 10.5. The van der Waals surface area contributed by atoms with Crippen molar-refractivity contribution in [2.75, 3.05) is 6.79 Å². The third-order valence-corrected chi connectivity index (χ3v) is 3.62. The first-order valence-electron chi connectivity index (χ1n) is 6.39. The molecule has 1 aliphatic carbocycles. The van der Waals surface area contributed by atoms with Gasteiger partial charge in [-0.3, -0.25) is 14.9 Å². The molecule has 3 atom stereocenters. The van der Waals surface area contributed by atoms with Gasteiger partial charge in [0.05, 0.1) is 6.04 Å². The van der Waals surface area contributed by atoms with Gasteiger partial charge in [0.1, 0.15) is 5.92 Å². The molecule has 106 valence electrons. The molecule has 1 aromatic rings. The average Bonchev–Trinajstić information content (AvgIpc) is 3.09. The fourth-order valence-electron chi connectivity index (χ4n) is 2.28. The van der Waals surface area contributed by atoms with Crippen molar-refractivity contribution in [3.8, 4) is 11.5 Å². The molecule has 3 unspecified atom stereocenters. The minimum Gasteiger partial charge on any atom is -0.454 e. The highest BCUT2D eigenvalue weighted by Crippen LogP contribution is 2.36. The van der Waals surface area contributed by atoms with E-state index in [2.05, 4.69) is 5.32 Å². The zero-order chi connectivity index (χ0) is 14.3. The van der Waals surface area contributed by atoms with Gasteiger partial charge in [0.2, 0.25) is 18.7 Å². The Bertz CT molecular complexity index is 574. The van der Waals surface area contributed by atoms with Crippen molar-refractivity contribution in [1.82, 2.24) is 5.32 Å². The Morgan fingerprint density at radius 2 is 2.20 bits per heavy atom. The van der Waals surface area contributed by atoms with Crippen LogP contribution in [-0.2, 0) is 4.79 Å². The van der Waals surface area contributed by atoms with Crippen LogP contribution in [0, 0.1) is 16.0 Å². The lowest BCUT2D eigenvalue weighted by Crippen LogP contribution is -2.29. The zero-order valence-electron chi connectivity index (χ0n) is 10.9. The van der Waals surface area contributed by atoms with Crippen molar-refractivity contribution < 1.29 is 19.2 Å². The van der Waals surface area contributed by atoms with Gasteiger partial charge in [-0.15, -0.1) is 0 Å². The third-order valence-electron chi connectivity index (χ3n) is 3.62. The molecule has 0 bridgehead atoms. The van der Waals surface area contributed by atoms with Gasteiger partial charge in [-0.05, 0) is 24.6 Å². The van der Waals surface area contributed by atoms with Gasteiger partial charge in [-0.25, -0.2) is 0 Å². The quantitative estimate of drug-likeness (QED) is 0.661. The second-order valence-electron chi connectivity index (χ2n) is 5.04. The van der Waals surface area contributed by atoms with Crippen LogP contribution in [-0.4, -0.2) is 23.7 Å². The van der Waals surface area contributed by atoms with E-state index in [0.717, 1.165) is 5.56 Å². The highest BCUT2D eigenvalue weighted by atomic mass is 16.7. The molecular formula is C13H14N2O5. The second-order valence-corrected chi connectivity index (χ2v) is 5.04. The van der Waals surface area contributed by atoms with Crippen LogP contribution in [0.15, 0.2) is 18.2 Å². The van der Waals surface area contributed by atoms with Crippen LogP contribution in [0.3, 0.4) is 0 Å². The van der Waals surface area contributed by atoms with Crippen molar-refractivity contribution in [2.45, 2.75) is 25.4 Å². The Morgan fingerprint density at radius 1 is 1.45 bits per heavy atom. The molecule has 1 saturated carbocycles. The standard InChI is InChI=1S/C13H14N2O5/c1-7(14-13(16)9-5-10(9)15(17)18)8-2-3-11-12(4-8)20-6-19-11/h2-4,7,9-10H,5-6H2,1H3,(H,14,16). The number of nitrogens with one attached hydrogen (secondary N) is 1. The summed E-state index contributed by atoms with van der Waals surface area (Å²) in [7, 11) is 0. The van der Waals surface area contributed by atoms with Gasteiger partial charge in [0.25, 0.3) is 0 Å². The first-order chi connectivity index (χ1) is 9.56. The molecule has 0 aromatic heterocycles. The highest BCUT2D eigenvalue weighted by molar-refractivity contribution is 5.82. The maximum atomic E-state index is 11.9.